The molecule has 0 fully saturated rings. The number of aryl methyl sites for hydroxylation is 1. The van der Waals surface area contributed by atoms with Crippen LogP contribution in [0.4, 0.5) is 0 Å². The van der Waals surface area contributed by atoms with Crippen molar-refractivity contribution in [1.29, 1.82) is 0 Å². The zero-order valence-corrected chi connectivity index (χ0v) is 17.5. The molecule has 6 heteroatoms. The Bertz CT molecular complexity index is 832. The van der Waals surface area contributed by atoms with Crippen LogP contribution in [0.25, 0.3) is 6.08 Å². The third-order valence-electron chi connectivity index (χ3n) is 4.34. The summed E-state index contributed by atoms with van der Waals surface area (Å²) in [6.45, 7) is 3.18. The number of para-hydroxylation sites is 1. The van der Waals surface area contributed by atoms with Crippen molar-refractivity contribution >= 4 is 12.0 Å². The van der Waals surface area contributed by atoms with Crippen molar-refractivity contribution in [1.82, 2.24) is 5.32 Å². The zero-order chi connectivity index (χ0) is 21.1. The third kappa shape index (κ3) is 6.17. The standard InChI is InChI=1S/C23H29NO5/c1-5-29-19-11-7-6-9-17(19)10-8-16-24-21(25)15-13-18-12-14-20(26-2)23(28-4)22(18)27-3/h6-7,9,11-15H,5,8,10,16H2,1-4H3,(H,24,25)/b15-13+. The molecule has 1 N–H and O–H groups in total. The van der Waals surface area contributed by atoms with E-state index in [1.54, 1.807) is 33.5 Å². The van der Waals surface area contributed by atoms with E-state index in [0.717, 1.165) is 29.7 Å². The van der Waals surface area contributed by atoms with Crippen molar-refractivity contribution in [3.05, 3.63) is 53.6 Å². The van der Waals surface area contributed by atoms with Crippen molar-refractivity contribution in [2.24, 2.45) is 0 Å². The molecule has 2 aromatic rings. The van der Waals surface area contributed by atoms with Crippen LogP contribution in [0, 0.1) is 0 Å². The van der Waals surface area contributed by atoms with Crippen LogP contribution in [0.2, 0.25) is 0 Å². The molecule has 2 aromatic carbocycles. The van der Waals surface area contributed by atoms with Gasteiger partial charge in [-0.1, -0.05) is 18.2 Å². The van der Waals surface area contributed by atoms with E-state index in [0.29, 0.717) is 30.4 Å². The summed E-state index contributed by atoms with van der Waals surface area (Å²) in [5, 5.41) is 2.90. The molecule has 0 aromatic heterocycles. The smallest absolute Gasteiger partial charge is 0.244 e. The van der Waals surface area contributed by atoms with Gasteiger partial charge in [-0.15, -0.1) is 0 Å². The molecule has 156 valence electrons. The molecule has 0 aliphatic carbocycles. The fourth-order valence-corrected chi connectivity index (χ4v) is 2.98. The normalized spacial score (nSPS) is 10.6. The van der Waals surface area contributed by atoms with E-state index in [-0.39, 0.29) is 5.91 Å². The molecule has 2 rings (SSSR count). The lowest BCUT2D eigenvalue weighted by atomic mass is 10.1. The van der Waals surface area contributed by atoms with Crippen molar-refractivity contribution in [3.8, 4) is 23.0 Å². The third-order valence-corrected chi connectivity index (χ3v) is 4.34. The maximum Gasteiger partial charge on any atom is 0.244 e. The van der Waals surface area contributed by atoms with Gasteiger partial charge in [0.1, 0.15) is 5.75 Å². The van der Waals surface area contributed by atoms with Crippen LogP contribution in [0.5, 0.6) is 23.0 Å². The van der Waals surface area contributed by atoms with Crippen LogP contribution < -0.4 is 24.3 Å². The number of carbonyl (C=O) groups is 1. The summed E-state index contributed by atoms with van der Waals surface area (Å²) in [5.41, 5.74) is 1.88. The molecule has 29 heavy (non-hydrogen) atoms. The second-order valence-corrected chi connectivity index (χ2v) is 6.19. The van der Waals surface area contributed by atoms with Crippen LogP contribution in [0.15, 0.2) is 42.5 Å². The first kappa shape index (κ1) is 22.1. The lowest BCUT2D eigenvalue weighted by Gasteiger charge is -2.14. The predicted molar refractivity (Wildman–Crippen MR) is 114 cm³/mol. The number of carbonyl (C=O) groups excluding carboxylic acids is 1. The highest BCUT2D eigenvalue weighted by atomic mass is 16.5. The Balaban J connectivity index is 1.91. The van der Waals surface area contributed by atoms with Crippen LogP contribution in [0.3, 0.4) is 0 Å². The molecule has 1 amide bonds. The fourth-order valence-electron chi connectivity index (χ4n) is 2.98. The molecule has 0 heterocycles. The maximum absolute atomic E-state index is 12.2. The van der Waals surface area contributed by atoms with Crippen LogP contribution >= 0.6 is 0 Å². The minimum Gasteiger partial charge on any atom is -0.494 e. The highest BCUT2D eigenvalue weighted by molar-refractivity contribution is 5.92. The first-order valence-corrected chi connectivity index (χ1v) is 9.60. The molecule has 0 atom stereocenters. The van der Waals surface area contributed by atoms with E-state index in [1.807, 2.05) is 31.2 Å². The summed E-state index contributed by atoms with van der Waals surface area (Å²) < 4.78 is 21.7. The summed E-state index contributed by atoms with van der Waals surface area (Å²) in [6.07, 6.45) is 4.84. The highest BCUT2D eigenvalue weighted by Crippen LogP contribution is 2.40. The lowest BCUT2D eigenvalue weighted by molar-refractivity contribution is -0.116. The van der Waals surface area contributed by atoms with Gasteiger partial charge in [0.25, 0.3) is 0 Å². The Labute approximate surface area is 172 Å². The molecule has 0 aliphatic heterocycles. The molecule has 0 bridgehead atoms. The summed E-state index contributed by atoms with van der Waals surface area (Å²) in [7, 11) is 4.66. The van der Waals surface area contributed by atoms with Crippen LogP contribution in [-0.2, 0) is 11.2 Å². The van der Waals surface area contributed by atoms with Gasteiger partial charge in [0.2, 0.25) is 11.7 Å². The van der Waals surface area contributed by atoms with E-state index < -0.39 is 0 Å². The molecule has 0 radical (unpaired) electrons. The largest absolute Gasteiger partial charge is 0.494 e. The fraction of sp³-hybridized carbons (Fsp3) is 0.348. The molecule has 0 aliphatic rings. The second-order valence-electron chi connectivity index (χ2n) is 6.19. The monoisotopic (exact) mass is 399 g/mol. The summed E-state index contributed by atoms with van der Waals surface area (Å²) in [6, 6.07) is 11.6. The number of methoxy groups -OCH3 is 3. The summed E-state index contributed by atoms with van der Waals surface area (Å²) in [5.74, 6) is 2.31. The van der Waals surface area contributed by atoms with Crippen molar-refractivity contribution in [2.45, 2.75) is 19.8 Å². The topological polar surface area (TPSA) is 66.0 Å². The zero-order valence-electron chi connectivity index (χ0n) is 17.5. The molecule has 0 unspecified atom stereocenters. The number of hydrogen-bond donors (Lipinski definition) is 1. The average molecular weight is 399 g/mol. The van der Waals surface area contributed by atoms with Crippen molar-refractivity contribution in [2.75, 3.05) is 34.5 Å². The minimum atomic E-state index is -0.167. The van der Waals surface area contributed by atoms with Crippen LogP contribution in [-0.4, -0.2) is 40.4 Å². The predicted octanol–water partition coefficient (Wildman–Crippen LogP) is 3.87. The molecular formula is C23H29NO5. The Kier molecular flexibility index (Phi) is 8.89. The number of ether oxygens (including phenoxy) is 4. The molecule has 0 saturated heterocycles. The van der Waals surface area contributed by atoms with E-state index in [2.05, 4.69) is 11.4 Å². The van der Waals surface area contributed by atoms with E-state index >= 15 is 0 Å². The van der Waals surface area contributed by atoms with E-state index in [9.17, 15) is 4.79 Å². The quantitative estimate of drug-likeness (QED) is 0.459. The molecular weight excluding hydrogens is 370 g/mol. The number of rotatable bonds is 11. The van der Waals surface area contributed by atoms with Gasteiger partial charge in [0.15, 0.2) is 11.5 Å². The summed E-state index contributed by atoms with van der Waals surface area (Å²) in [4.78, 5) is 12.2. The Morgan fingerprint density at radius 3 is 2.41 bits per heavy atom. The lowest BCUT2D eigenvalue weighted by Crippen LogP contribution is -2.22. The van der Waals surface area contributed by atoms with Gasteiger partial charge in [0, 0.05) is 18.2 Å². The Morgan fingerprint density at radius 2 is 1.72 bits per heavy atom. The molecule has 0 spiro atoms. The Hall–Kier alpha value is -3.15. The number of amides is 1. The Morgan fingerprint density at radius 1 is 0.966 bits per heavy atom. The van der Waals surface area contributed by atoms with E-state index in [4.69, 9.17) is 18.9 Å². The van der Waals surface area contributed by atoms with Crippen molar-refractivity contribution in [3.63, 3.8) is 0 Å². The second kappa shape index (κ2) is 11.6. The molecule has 0 saturated carbocycles. The first-order valence-electron chi connectivity index (χ1n) is 9.60. The minimum absolute atomic E-state index is 0.167. The van der Waals surface area contributed by atoms with Crippen LogP contribution in [0.1, 0.15) is 24.5 Å². The van der Waals surface area contributed by atoms with Gasteiger partial charge in [-0.3, -0.25) is 4.79 Å². The highest BCUT2D eigenvalue weighted by Gasteiger charge is 2.14. The van der Waals surface area contributed by atoms with Crippen molar-refractivity contribution < 1.29 is 23.7 Å². The van der Waals surface area contributed by atoms with Gasteiger partial charge in [-0.05, 0) is 49.6 Å². The maximum atomic E-state index is 12.2. The number of benzene rings is 2. The van der Waals surface area contributed by atoms with Gasteiger partial charge in [0.05, 0.1) is 27.9 Å². The molecule has 6 nitrogen and oxygen atoms in total. The van der Waals surface area contributed by atoms with Gasteiger partial charge >= 0.3 is 0 Å². The first-order chi connectivity index (χ1) is 14.1. The van der Waals surface area contributed by atoms with Gasteiger partial charge in [-0.25, -0.2) is 0 Å². The van der Waals surface area contributed by atoms with Gasteiger partial charge in [-0.2, -0.15) is 0 Å². The summed E-state index contributed by atoms with van der Waals surface area (Å²) >= 11 is 0. The average Bonchev–Trinajstić information content (AvgIpc) is 2.75. The van der Waals surface area contributed by atoms with Gasteiger partial charge < -0.3 is 24.3 Å². The number of hydrogen-bond acceptors (Lipinski definition) is 5. The SMILES string of the molecule is CCOc1ccccc1CCCNC(=O)/C=C/c1ccc(OC)c(OC)c1OC. The number of nitrogens with one attached hydrogen (secondary N) is 1. The van der Waals surface area contributed by atoms with E-state index in [1.165, 1.54) is 6.08 Å².